The third-order valence-electron chi connectivity index (χ3n) is 4.28. The quantitative estimate of drug-likeness (QED) is 0.864. The fourth-order valence-electron chi connectivity index (χ4n) is 2.86. The molecule has 7 heteroatoms. The van der Waals surface area contributed by atoms with E-state index in [1.165, 1.54) is 0 Å². The second kappa shape index (κ2) is 7.66. The van der Waals surface area contributed by atoms with Crippen LogP contribution in [0.15, 0.2) is 42.5 Å². The molecular weight excluding hydrogens is 354 g/mol. The zero-order valence-electron chi connectivity index (χ0n) is 14.6. The normalized spacial score (nSPS) is 15.7. The van der Waals surface area contributed by atoms with Gasteiger partial charge in [0.15, 0.2) is 6.10 Å². The van der Waals surface area contributed by atoms with Gasteiger partial charge in [0.05, 0.1) is 18.8 Å². The first-order valence-electron chi connectivity index (χ1n) is 8.26. The predicted molar refractivity (Wildman–Crippen MR) is 102 cm³/mol. The van der Waals surface area contributed by atoms with Crippen LogP contribution < -0.4 is 20.3 Å². The number of carbonyl (C=O) groups is 2. The van der Waals surface area contributed by atoms with E-state index in [2.05, 4.69) is 10.6 Å². The molecule has 1 atom stereocenters. The molecule has 2 aromatic carbocycles. The fraction of sp³-hybridized carbons (Fsp3) is 0.263. The number of benzene rings is 2. The van der Waals surface area contributed by atoms with Crippen molar-refractivity contribution in [1.29, 1.82) is 0 Å². The summed E-state index contributed by atoms with van der Waals surface area (Å²) in [7, 11) is 1.56. The van der Waals surface area contributed by atoms with Crippen LogP contribution in [0.5, 0.6) is 5.75 Å². The molecule has 0 unspecified atom stereocenters. The van der Waals surface area contributed by atoms with Crippen LogP contribution in [-0.4, -0.2) is 38.1 Å². The number of amides is 2. The van der Waals surface area contributed by atoms with Crippen molar-refractivity contribution in [2.45, 2.75) is 13.0 Å². The third-order valence-corrected chi connectivity index (χ3v) is 4.69. The molecule has 0 bridgehead atoms. The molecule has 0 spiro atoms. The molecule has 1 aliphatic heterocycles. The molecule has 0 saturated carbocycles. The second-order valence-corrected chi connectivity index (χ2v) is 6.44. The Balaban J connectivity index is 1.78. The average molecular weight is 374 g/mol. The average Bonchev–Trinajstić information content (AvgIpc) is 2.64. The molecule has 1 heterocycles. The van der Waals surface area contributed by atoms with Gasteiger partial charge < -0.3 is 20.3 Å². The van der Waals surface area contributed by atoms with Crippen LogP contribution in [0.4, 0.5) is 11.4 Å². The fourth-order valence-corrected chi connectivity index (χ4v) is 3.03. The van der Waals surface area contributed by atoms with Gasteiger partial charge in [-0.15, -0.1) is 0 Å². The standard InChI is InChI=1S/C19H20ClN3O3/c1-12-13(20)6-5-7-14(12)22-18(24)11-23-10-17(19(25)21-2)26-16-9-4-3-8-15(16)23/h3-9,17H,10-11H2,1-2H3,(H,21,25)(H,22,24)/t17-/m0/s1. The number of likely N-dealkylation sites (N-methyl/N-ethyl adjacent to an activating group) is 1. The third kappa shape index (κ3) is 3.75. The Kier molecular flexibility index (Phi) is 5.32. The first-order valence-corrected chi connectivity index (χ1v) is 8.64. The van der Waals surface area contributed by atoms with Crippen molar-refractivity contribution in [2.75, 3.05) is 30.4 Å². The lowest BCUT2D eigenvalue weighted by Crippen LogP contribution is -2.50. The number of anilines is 2. The lowest BCUT2D eigenvalue weighted by atomic mass is 10.1. The highest BCUT2D eigenvalue weighted by Crippen LogP contribution is 2.33. The van der Waals surface area contributed by atoms with Crippen molar-refractivity contribution in [3.8, 4) is 5.75 Å². The Morgan fingerprint density at radius 2 is 2.00 bits per heavy atom. The van der Waals surface area contributed by atoms with Gasteiger partial charge in [0.1, 0.15) is 5.75 Å². The number of nitrogens with zero attached hydrogens (tertiary/aromatic N) is 1. The van der Waals surface area contributed by atoms with Crippen LogP contribution in [0.1, 0.15) is 5.56 Å². The van der Waals surface area contributed by atoms with Crippen molar-refractivity contribution >= 4 is 34.8 Å². The molecule has 2 N–H and O–H groups in total. The molecule has 2 aromatic rings. The summed E-state index contributed by atoms with van der Waals surface area (Å²) in [5, 5.41) is 6.06. The van der Waals surface area contributed by atoms with E-state index in [4.69, 9.17) is 16.3 Å². The van der Waals surface area contributed by atoms with Gasteiger partial charge in [-0.3, -0.25) is 9.59 Å². The SMILES string of the molecule is CNC(=O)[C@@H]1CN(CC(=O)Nc2cccc(Cl)c2C)c2ccccc2O1. The molecule has 6 nitrogen and oxygen atoms in total. The Morgan fingerprint density at radius 1 is 1.23 bits per heavy atom. The number of fused-ring (bicyclic) bond motifs is 1. The van der Waals surface area contributed by atoms with Gasteiger partial charge in [-0.1, -0.05) is 29.8 Å². The smallest absolute Gasteiger partial charge is 0.262 e. The van der Waals surface area contributed by atoms with Crippen molar-refractivity contribution in [1.82, 2.24) is 5.32 Å². The zero-order valence-corrected chi connectivity index (χ0v) is 15.3. The minimum atomic E-state index is -0.671. The molecule has 3 rings (SSSR count). The summed E-state index contributed by atoms with van der Waals surface area (Å²) in [4.78, 5) is 26.4. The molecule has 0 saturated heterocycles. The lowest BCUT2D eigenvalue weighted by molar-refractivity contribution is -0.127. The molecule has 0 aliphatic carbocycles. The van der Waals surface area contributed by atoms with Gasteiger partial charge in [0.2, 0.25) is 5.91 Å². The molecular formula is C19H20ClN3O3. The van der Waals surface area contributed by atoms with Crippen molar-refractivity contribution in [3.63, 3.8) is 0 Å². The van der Waals surface area contributed by atoms with Gasteiger partial charge in [-0.25, -0.2) is 0 Å². The number of hydrogen-bond acceptors (Lipinski definition) is 4. The summed E-state index contributed by atoms with van der Waals surface area (Å²) in [5.74, 6) is 0.164. The minimum Gasteiger partial charge on any atom is -0.477 e. The maximum Gasteiger partial charge on any atom is 0.262 e. The molecule has 1 aliphatic rings. The maximum atomic E-state index is 12.6. The Morgan fingerprint density at radius 3 is 2.77 bits per heavy atom. The van der Waals surface area contributed by atoms with Crippen molar-refractivity contribution in [2.24, 2.45) is 0 Å². The number of halogens is 1. The molecule has 0 aromatic heterocycles. The van der Waals surface area contributed by atoms with Gasteiger partial charge in [0, 0.05) is 17.8 Å². The topological polar surface area (TPSA) is 70.7 Å². The van der Waals surface area contributed by atoms with Crippen LogP contribution in [0.3, 0.4) is 0 Å². The van der Waals surface area contributed by atoms with Crippen LogP contribution in [0.2, 0.25) is 5.02 Å². The van der Waals surface area contributed by atoms with Crippen molar-refractivity contribution < 1.29 is 14.3 Å². The zero-order chi connectivity index (χ0) is 18.7. The highest BCUT2D eigenvalue weighted by atomic mass is 35.5. The summed E-state index contributed by atoms with van der Waals surface area (Å²) in [6.07, 6.45) is -0.671. The number of hydrogen-bond donors (Lipinski definition) is 2. The molecule has 136 valence electrons. The number of ether oxygens (including phenoxy) is 1. The summed E-state index contributed by atoms with van der Waals surface area (Å²) in [5.41, 5.74) is 2.27. The van der Waals surface area contributed by atoms with Gasteiger partial charge in [0.25, 0.3) is 5.91 Å². The number of carbonyl (C=O) groups excluding carboxylic acids is 2. The summed E-state index contributed by atoms with van der Waals surface area (Å²) < 4.78 is 5.75. The van der Waals surface area contributed by atoms with Gasteiger partial charge >= 0.3 is 0 Å². The van der Waals surface area contributed by atoms with E-state index in [0.717, 1.165) is 11.3 Å². The monoisotopic (exact) mass is 373 g/mol. The van der Waals surface area contributed by atoms with E-state index in [1.807, 2.05) is 30.0 Å². The molecule has 0 radical (unpaired) electrons. The molecule has 26 heavy (non-hydrogen) atoms. The number of para-hydroxylation sites is 2. The number of rotatable bonds is 4. The highest BCUT2D eigenvalue weighted by Gasteiger charge is 2.31. The van der Waals surface area contributed by atoms with Crippen LogP contribution in [0.25, 0.3) is 0 Å². The van der Waals surface area contributed by atoms with E-state index in [0.29, 0.717) is 23.0 Å². The van der Waals surface area contributed by atoms with Crippen molar-refractivity contribution in [3.05, 3.63) is 53.1 Å². The van der Waals surface area contributed by atoms with Crippen LogP contribution >= 0.6 is 11.6 Å². The van der Waals surface area contributed by atoms with Gasteiger partial charge in [-0.2, -0.15) is 0 Å². The summed E-state index contributed by atoms with van der Waals surface area (Å²) >= 11 is 6.10. The predicted octanol–water partition coefficient (Wildman–Crippen LogP) is 2.60. The number of nitrogens with one attached hydrogen (secondary N) is 2. The second-order valence-electron chi connectivity index (χ2n) is 6.03. The summed E-state index contributed by atoms with van der Waals surface area (Å²) in [6.45, 7) is 2.24. The summed E-state index contributed by atoms with van der Waals surface area (Å²) in [6, 6.07) is 12.7. The maximum absolute atomic E-state index is 12.6. The Hall–Kier alpha value is -2.73. The molecule has 2 amide bonds. The van der Waals surface area contributed by atoms with Crippen LogP contribution in [-0.2, 0) is 9.59 Å². The Labute approximate surface area is 157 Å². The van der Waals surface area contributed by atoms with E-state index in [9.17, 15) is 9.59 Å². The van der Waals surface area contributed by atoms with E-state index in [-0.39, 0.29) is 18.4 Å². The minimum absolute atomic E-state index is 0.0970. The Bertz CT molecular complexity index is 841. The largest absolute Gasteiger partial charge is 0.477 e. The first-order chi connectivity index (χ1) is 12.5. The van der Waals surface area contributed by atoms with Crippen LogP contribution in [0, 0.1) is 6.92 Å². The highest BCUT2D eigenvalue weighted by molar-refractivity contribution is 6.31. The molecule has 0 fully saturated rings. The van der Waals surface area contributed by atoms with E-state index >= 15 is 0 Å². The first kappa shape index (κ1) is 18.1. The van der Waals surface area contributed by atoms with E-state index in [1.54, 1.807) is 31.3 Å². The van der Waals surface area contributed by atoms with E-state index < -0.39 is 6.10 Å². The van der Waals surface area contributed by atoms with Gasteiger partial charge in [-0.05, 0) is 36.8 Å². The lowest BCUT2D eigenvalue weighted by Gasteiger charge is -2.35.